The molecular formula is C26H22N2. The van der Waals surface area contributed by atoms with Crippen molar-refractivity contribution in [2.24, 2.45) is 0 Å². The Morgan fingerprint density at radius 2 is 0.929 bits per heavy atom. The molecule has 1 fully saturated rings. The molecule has 0 N–H and O–H groups in total. The van der Waals surface area contributed by atoms with Crippen LogP contribution in [-0.4, -0.2) is 9.97 Å². The smallest absolute Gasteiger partial charge is 0.0897 e. The molecule has 0 radical (unpaired) electrons. The molecule has 3 aliphatic carbocycles. The van der Waals surface area contributed by atoms with E-state index in [9.17, 15) is 0 Å². The van der Waals surface area contributed by atoms with Gasteiger partial charge in [0.15, 0.2) is 0 Å². The van der Waals surface area contributed by atoms with Gasteiger partial charge in [0.2, 0.25) is 0 Å². The summed E-state index contributed by atoms with van der Waals surface area (Å²) in [5.74, 6) is 1.23. The van der Waals surface area contributed by atoms with E-state index in [0.717, 1.165) is 11.0 Å². The lowest BCUT2D eigenvalue weighted by Crippen LogP contribution is -2.24. The van der Waals surface area contributed by atoms with Crippen LogP contribution in [0.25, 0.3) is 33.3 Å². The molecule has 3 aromatic carbocycles. The second-order valence-corrected chi connectivity index (χ2v) is 8.16. The van der Waals surface area contributed by atoms with Crippen LogP contribution in [0, 0.1) is 0 Å². The standard InChI is InChI=1S/C26H22N2/c1-3-7-17(8-4-1)21-15-23-24(16-22(21)18-9-5-2-6-10-18)28-26-20-13-11-19(12-14-20)25(26)27-23/h1-10,15-16,19-20H,11-14H2. The zero-order chi connectivity index (χ0) is 18.5. The monoisotopic (exact) mass is 362 g/mol. The maximum atomic E-state index is 5.16. The molecule has 1 heterocycles. The molecule has 0 saturated heterocycles. The molecule has 0 aliphatic heterocycles. The van der Waals surface area contributed by atoms with E-state index in [-0.39, 0.29) is 0 Å². The van der Waals surface area contributed by atoms with Crippen LogP contribution in [0.15, 0.2) is 72.8 Å². The third kappa shape index (κ3) is 2.48. The van der Waals surface area contributed by atoms with E-state index < -0.39 is 0 Å². The van der Waals surface area contributed by atoms with Gasteiger partial charge in [0.1, 0.15) is 0 Å². The van der Waals surface area contributed by atoms with E-state index in [4.69, 9.17) is 9.97 Å². The normalized spacial score (nSPS) is 20.3. The number of rotatable bonds is 2. The molecule has 2 bridgehead atoms. The number of benzene rings is 3. The van der Waals surface area contributed by atoms with Crippen molar-refractivity contribution in [1.29, 1.82) is 0 Å². The Labute approximate surface area is 165 Å². The van der Waals surface area contributed by atoms with Gasteiger partial charge in [-0.1, -0.05) is 60.7 Å². The summed E-state index contributed by atoms with van der Waals surface area (Å²) in [4.78, 5) is 10.3. The number of nitrogens with zero attached hydrogens (tertiary/aromatic N) is 2. The molecule has 4 aromatic rings. The van der Waals surface area contributed by atoms with Gasteiger partial charge in [-0.2, -0.15) is 0 Å². The van der Waals surface area contributed by atoms with Crippen LogP contribution >= 0.6 is 0 Å². The summed E-state index contributed by atoms with van der Waals surface area (Å²) in [6.45, 7) is 0. The summed E-state index contributed by atoms with van der Waals surface area (Å²) in [5.41, 5.74) is 9.54. The maximum Gasteiger partial charge on any atom is 0.0897 e. The lowest BCUT2D eigenvalue weighted by atomic mass is 9.71. The third-order valence-electron chi connectivity index (χ3n) is 6.53. The predicted molar refractivity (Wildman–Crippen MR) is 114 cm³/mol. The Hall–Kier alpha value is -3.00. The Kier molecular flexibility index (Phi) is 3.58. The molecular weight excluding hydrogens is 340 g/mol. The third-order valence-corrected chi connectivity index (χ3v) is 6.53. The number of aromatic nitrogens is 2. The Bertz CT molecular complexity index is 1060. The quantitative estimate of drug-likeness (QED) is 0.395. The molecule has 28 heavy (non-hydrogen) atoms. The number of fused-ring (bicyclic) bond motifs is 3. The van der Waals surface area contributed by atoms with Gasteiger partial charge >= 0.3 is 0 Å². The molecule has 0 amide bonds. The first-order valence-electron chi connectivity index (χ1n) is 10.3. The lowest BCUT2D eigenvalue weighted by molar-refractivity contribution is 0.344. The fourth-order valence-electron chi connectivity index (χ4n) is 5.08. The molecule has 3 aliphatic rings. The minimum Gasteiger partial charge on any atom is -0.249 e. The first kappa shape index (κ1) is 16.0. The van der Waals surface area contributed by atoms with Gasteiger partial charge in [0.05, 0.1) is 22.4 Å². The van der Waals surface area contributed by atoms with E-state index in [0.29, 0.717) is 11.8 Å². The highest BCUT2D eigenvalue weighted by Crippen LogP contribution is 2.48. The minimum absolute atomic E-state index is 0.617. The zero-order valence-electron chi connectivity index (χ0n) is 15.8. The van der Waals surface area contributed by atoms with Crippen LogP contribution in [0.5, 0.6) is 0 Å². The van der Waals surface area contributed by atoms with Crippen LogP contribution in [-0.2, 0) is 0 Å². The van der Waals surface area contributed by atoms with Gasteiger partial charge in [0, 0.05) is 11.8 Å². The van der Waals surface area contributed by atoms with Crippen molar-refractivity contribution in [2.75, 3.05) is 0 Å². The van der Waals surface area contributed by atoms with E-state index in [2.05, 4.69) is 72.8 Å². The summed E-state index contributed by atoms with van der Waals surface area (Å²) >= 11 is 0. The summed E-state index contributed by atoms with van der Waals surface area (Å²) in [6.07, 6.45) is 5.13. The summed E-state index contributed by atoms with van der Waals surface area (Å²) < 4.78 is 0. The van der Waals surface area contributed by atoms with E-state index in [1.54, 1.807) is 0 Å². The van der Waals surface area contributed by atoms with Gasteiger partial charge in [0.25, 0.3) is 0 Å². The van der Waals surface area contributed by atoms with Crippen molar-refractivity contribution < 1.29 is 0 Å². The van der Waals surface area contributed by atoms with Crippen molar-refractivity contribution in [3.8, 4) is 22.3 Å². The van der Waals surface area contributed by atoms with Crippen LogP contribution in [0.1, 0.15) is 48.9 Å². The highest BCUT2D eigenvalue weighted by molar-refractivity contribution is 5.93. The highest BCUT2D eigenvalue weighted by atomic mass is 14.9. The van der Waals surface area contributed by atoms with Gasteiger partial charge in [-0.25, -0.2) is 9.97 Å². The average Bonchev–Trinajstić information content (AvgIpc) is 2.79. The van der Waals surface area contributed by atoms with Gasteiger partial charge in [-0.05, 0) is 60.1 Å². The predicted octanol–water partition coefficient (Wildman–Crippen LogP) is 6.72. The molecule has 1 saturated carbocycles. The summed E-state index contributed by atoms with van der Waals surface area (Å²) in [6, 6.07) is 25.8. The van der Waals surface area contributed by atoms with Gasteiger partial charge < -0.3 is 0 Å². The SMILES string of the molecule is c1ccc(-c2cc3nc4c(nc3cc2-c2ccccc2)C2CCC4CC2)cc1. The van der Waals surface area contributed by atoms with Crippen molar-refractivity contribution in [3.63, 3.8) is 0 Å². The Morgan fingerprint density at radius 1 is 0.536 bits per heavy atom. The molecule has 1 aromatic heterocycles. The molecule has 0 atom stereocenters. The fraction of sp³-hybridized carbons (Fsp3) is 0.231. The van der Waals surface area contributed by atoms with Crippen molar-refractivity contribution in [2.45, 2.75) is 37.5 Å². The second kappa shape index (κ2) is 6.27. The topological polar surface area (TPSA) is 25.8 Å². The molecule has 0 unspecified atom stereocenters. The number of hydrogen-bond donors (Lipinski definition) is 0. The second-order valence-electron chi connectivity index (χ2n) is 8.16. The Morgan fingerprint density at radius 3 is 1.32 bits per heavy atom. The summed E-state index contributed by atoms with van der Waals surface area (Å²) in [7, 11) is 0. The first-order chi connectivity index (χ1) is 13.9. The van der Waals surface area contributed by atoms with E-state index in [1.807, 2.05) is 0 Å². The summed E-state index contributed by atoms with van der Waals surface area (Å²) in [5, 5.41) is 0. The molecule has 2 heteroatoms. The van der Waals surface area contributed by atoms with Gasteiger partial charge in [-0.15, -0.1) is 0 Å². The van der Waals surface area contributed by atoms with Gasteiger partial charge in [-0.3, -0.25) is 0 Å². The first-order valence-corrected chi connectivity index (χ1v) is 10.3. The molecule has 7 rings (SSSR count). The fourth-order valence-corrected chi connectivity index (χ4v) is 5.08. The lowest BCUT2D eigenvalue weighted by Gasteiger charge is -2.36. The van der Waals surface area contributed by atoms with Crippen molar-refractivity contribution >= 4 is 11.0 Å². The highest BCUT2D eigenvalue weighted by Gasteiger charge is 2.35. The molecule has 0 spiro atoms. The maximum absolute atomic E-state index is 5.16. The van der Waals surface area contributed by atoms with E-state index >= 15 is 0 Å². The molecule has 136 valence electrons. The number of hydrogen-bond acceptors (Lipinski definition) is 2. The largest absolute Gasteiger partial charge is 0.249 e. The van der Waals surface area contributed by atoms with Crippen LogP contribution in [0.2, 0.25) is 0 Å². The van der Waals surface area contributed by atoms with Crippen LogP contribution < -0.4 is 0 Å². The van der Waals surface area contributed by atoms with Crippen LogP contribution in [0.3, 0.4) is 0 Å². The average molecular weight is 362 g/mol. The zero-order valence-corrected chi connectivity index (χ0v) is 15.8. The van der Waals surface area contributed by atoms with Crippen molar-refractivity contribution in [1.82, 2.24) is 9.97 Å². The van der Waals surface area contributed by atoms with Crippen molar-refractivity contribution in [3.05, 3.63) is 84.2 Å². The Balaban J connectivity index is 1.63. The minimum atomic E-state index is 0.617. The van der Waals surface area contributed by atoms with Crippen LogP contribution in [0.4, 0.5) is 0 Å². The van der Waals surface area contributed by atoms with E-state index in [1.165, 1.54) is 59.3 Å². The molecule has 2 nitrogen and oxygen atoms in total.